The Morgan fingerprint density at radius 3 is 2.70 bits per heavy atom. The molecule has 0 radical (unpaired) electrons. The van der Waals surface area contributed by atoms with Crippen LogP contribution in [0.1, 0.15) is 25.7 Å². The van der Waals surface area contributed by atoms with Gasteiger partial charge in [-0.15, -0.1) is 0 Å². The second-order valence-electron chi connectivity index (χ2n) is 5.08. The molecule has 0 aromatic heterocycles. The summed E-state index contributed by atoms with van der Waals surface area (Å²) in [5.74, 6) is 5.46. The molecule has 1 fully saturated rings. The lowest BCUT2D eigenvalue weighted by molar-refractivity contribution is -0.383. The average molecular weight is 280 g/mol. The molecule has 110 valence electrons. The highest BCUT2D eigenvalue weighted by Gasteiger charge is 2.27. The largest absolute Gasteiger partial charge is 0.396 e. The van der Waals surface area contributed by atoms with E-state index in [0.29, 0.717) is 5.69 Å². The number of hydrazine groups is 1. The number of nitrogens with zero attached hydrogens (tertiary/aromatic N) is 1. The molecule has 5 N–H and O–H groups in total. The highest BCUT2D eigenvalue weighted by molar-refractivity contribution is 5.76. The summed E-state index contributed by atoms with van der Waals surface area (Å²) >= 11 is 0. The van der Waals surface area contributed by atoms with Crippen LogP contribution in [-0.4, -0.2) is 22.7 Å². The Morgan fingerprint density at radius 2 is 2.05 bits per heavy atom. The minimum Gasteiger partial charge on any atom is -0.396 e. The number of rotatable bonds is 5. The summed E-state index contributed by atoms with van der Waals surface area (Å²) in [5, 5.41) is 23.8. The minimum absolute atomic E-state index is 0.0560. The number of para-hydroxylation sites is 1. The Balaban J connectivity index is 2.26. The fourth-order valence-electron chi connectivity index (χ4n) is 2.79. The predicted molar refractivity (Wildman–Crippen MR) is 77.4 cm³/mol. The monoisotopic (exact) mass is 280 g/mol. The Kier molecular flexibility index (Phi) is 4.75. The summed E-state index contributed by atoms with van der Waals surface area (Å²) in [6.45, 7) is 0.0975. The Hall–Kier alpha value is -1.86. The predicted octanol–water partition coefficient (Wildman–Crippen LogP) is 1.84. The van der Waals surface area contributed by atoms with Gasteiger partial charge in [-0.1, -0.05) is 18.9 Å². The lowest BCUT2D eigenvalue weighted by atomic mass is 9.85. The third-order valence-corrected chi connectivity index (χ3v) is 3.86. The van der Waals surface area contributed by atoms with Gasteiger partial charge in [0.2, 0.25) is 0 Å². The Bertz CT molecular complexity index is 481. The van der Waals surface area contributed by atoms with E-state index in [4.69, 9.17) is 5.84 Å². The lowest BCUT2D eigenvalue weighted by Crippen LogP contribution is -2.34. The second-order valence-corrected chi connectivity index (χ2v) is 5.08. The number of hydrogen-bond acceptors (Lipinski definition) is 6. The van der Waals surface area contributed by atoms with Gasteiger partial charge in [-0.2, -0.15) is 0 Å². The van der Waals surface area contributed by atoms with Crippen LogP contribution in [0, 0.1) is 16.0 Å². The summed E-state index contributed by atoms with van der Waals surface area (Å²) in [5.41, 5.74) is 3.01. The molecule has 0 saturated heterocycles. The number of benzene rings is 1. The zero-order valence-corrected chi connectivity index (χ0v) is 11.2. The van der Waals surface area contributed by atoms with E-state index in [9.17, 15) is 15.2 Å². The molecule has 0 bridgehead atoms. The summed E-state index contributed by atoms with van der Waals surface area (Å²) in [6.07, 6.45) is 4.01. The van der Waals surface area contributed by atoms with Gasteiger partial charge in [0.05, 0.1) is 4.92 Å². The fraction of sp³-hybridized carbons (Fsp3) is 0.538. The maximum absolute atomic E-state index is 11.2. The van der Waals surface area contributed by atoms with Gasteiger partial charge in [0.1, 0.15) is 11.4 Å². The van der Waals surface area contributed by atoms with Gasteiger partial charge < -0.3 is 15.8 Å². The highest BCUT2D eigenvalue weighted by Crippen LogP contribution is 2.35. The summed E-state index contributed by atoms with van der Waals surface area (Å²) in [6, 6.07) is 5.00. The van der Waals surface area contributed by atoms with Crippen LogP contribution in [0.2, 0.25) is 0 Å². The van der Waals surface area contributed by atoms with E-state index in [-0.39, 0.29) is 29.9 Å². The van der Waals surface area contributed by atoms with Gasteiger partial charge in [-0.3, -0.25) is 16.0 Å². The first-order valence-electron chi connectivity index (χ1n) is 6.78. The normalized spacial score (nSPS) is 22.3. The third-order valence-electron chi connectivity index (χ3n) is 3.86. The van der Waals surface area contributed by atoms with E-state index in [2.05, 4.69) is 10.7 Å². The zero-order valence-electron chi connectivity index (χ0n) is 11.2. The zero-order chi connectivity index (χ0) is 14.5. The maximum atomic E-state index is 11.2. The molecule has 1 aromatic carbocycles. The second kappa shape index (κ2) is 6.53. The van der Waals surface area contributed by atoms with Crippen molar-refractivity contribution in [2.75, 3.05) is 17.3 Å². The molecule has 1 aliphatic carbocycles. The Labute approximate surface area is 117 Å². The topological polar surface area (TPSA) is 113 Å². The van der Waals surface area contributed by atoms with Crippen LogP contribution in [-0.2, 0) is 0 Å². The molecular formula is C13H20N4O3. The van der Waals surface area contributed by atoms with Crippen molar-refractivity contribution in [2.24, 2.45) is 11.8 Å². The van der Waals surface area contributed by atoms with Gasteiger partial charge in [-0.05, 0) is 25.0 Å². The first-order valence-corrected chi connectivity index (χ1v) is 6.78. The van der Waals surface area contributed by atoms with Crippen LogP contribution in [0.3, 0.4) is 0 Å². The van der Waals surface area contributed by atoms with Gasteiger partial charge in [0.25, 0.3) is 0 Å². The van der Waals surface area contributed by atoms with Crippen molar-refractivity contribution in [1.29, 1.82) is 0 Å². The van der Waals surface area contributed by atoms with Crippen LogP contribution >= 0.6 is 0 Å². The number of anilines is 2. The smallest absolute Gasteiger partial charge is 0.316 e. The van der Waals surface area contributed by atoms with Crippen molar-refractivity contribution in [1.82, 2.24) is 0 Å². The molecule has 1 saturated carbocycles. The van der Waals surface area contributed by atoms with Crippen LogP contribution in [0.5, 0.6) is 0 Å². The quantitative estimate of drug-likeness (QED) is 0.372. The van der Waals surface area contributed by atoms with Gasteiger partial charge in [-0.25, -0.2) is 0 Å². The van der Waals surface area contributed by atoms with Crippen LogP contribution in [0.4, 0.5) is 17.1 Å². The molecule has 0 aliphatic heterocycles. The number of hydrogen-bond donors (Lipinski definition) is 4. The van der Waals surface area contributed by atoms with Gasteiger partial charge in [0.15, 0.2) is 0 Å². The van der Waals surface area contributed by atoms with E-state index in [1.807, 2.05) is 0 Å². The highest BCUT2D eigenvalue weighted by atomic mass is 16.6. The molecule has 20 heavy (non-hydrogen) atoms. The molecule has 7 nitrogen and oxygen atoms in total. The standard InChI is InChI=1S/C13H20N4O3/c14-16-12-7-3-6-11(13(12)17(19)20)15-10-5-2-1-4-9(10)8-18/h3,6-7,9-10,15-16,18H,1-2,4-5,8,14H2. The van der Waals surface area contributed by atoms with Crippen molar-refractivity contribution >= 4 is 17.1 Å². The van der Waals surface area contributed by atoms with E-state index in [1.54, 1.807) is 18.2 Å². The number of nitrogens with two attached hydrogens (primary N) is 1. The molecule has 1 aromatic rings. The first-order chi connectivity index (χ1) is 9.67. The maximum Gasteiger partial charge on any atom is 0.316 e. The number of nitrogens with one attached hydrogen (secondary N) is 2. The van der Waals surface area contributed by atoms with Crippen molar-refractivity contribution < 1.29 is 10.0 Å². The van der Waals surface area contributed by atoms with Crippen molar-refractivity contribution in [3.63, 3.8) is 0 Å². The molecule has 0 spiro atoms. The lowest BCUT2D eigenvalue weighted by Gasteiger charge is -2.31. The molecule has 0 amide bonds. The van der Waals surface area contributed by atoms with E-state index >= 15 is 0 Å². The van der Waals surface area contributed by atoms with Crippen molar-refractivity contribution in [2.45, 2.75) is 31.7 Å². The fourth-order valence-corrected chi connectivity index (χ4v) is 2.79. The molecule has 7 heteroatoms. The molecule has 1 aliphatic rings. The number of nitro groups is 1. The average Bonchev–Trinajstić information content (AvgIpc) is 2.47. The van der Waals surface area contributed by atoms with E-state index < -0.39 is 4.92 Å². The first kappa shape index (κ1) is 14.5. The Morgan fingerprint density at radius 1 is 1.35 bits per heavy atom. The van der Waals surface area contributed by atoms with Gasteiger partial charge in [0, 0.05) is 18.6 Å². The number of aliphatic hydroxyl groups is 1. The van der Waals surface area contributed by atoms with Gasteiger partial charge >= 0.3 is 5.69 Å². The number of nitrogen functional groups attached to an aromatic ring is 1. The van der Waals surface area contributed by atoms with Crippen LogP contribution in [0.15, 0.2) is 18.2 Å². The SMILES string of the molecule is NNc1cccc(NC2CCCCC2CO)c1[N+](=O)[O-]. The van der Waals surface area contributed by atoms with Crippen molar-refractivity contribution in [3.05, 3.63) is 28.3 Å². The summed E-state index contributed by atoms with van der Waals surface area (Å²) in [7, 11) is 0. The molecule has 2 atom stereocenters. The molecular weight excluding hydrogens is 260 g/mol. The molecule has 2 rings (SSSR count). The number of aliphatic hydroxyl groups excluding tert-OH is 1. The van der Waals surface area contributed by atoms with E-state index in [0.717, 1.165) is 25.7 Å². The molecule has 2 unspecified atom stereocenters. The number of nitro benzene ring substituents is 1. The third kappa shape index (κ3) is 3.00. The van der Waals surface area contributed by atoms with Crippen LogP contribution in [0.25, 0.3) is 0 Å². The summed E-state index contributed by atoms with van der Waals surface area (Å²) in [4.78, 5) is 10.8. The van der Waals surface area contributed by atoms with Crippen molar-refractivity contribution in [3.8, 4) is 0 Å². The van der Waals surface area contributed by atoms with Crippen LogP contribution < -0.4 is 16.6 Å². The molecule has 0 heterocycles. The minimum atomic E-state index is -0.450. The van der Waals surface area contributed by atoms with E-state index in [1.165, 1.54) is 0 Å². The summed E-state index contributed by atoms with van der Waals surface area (Å²) < 4.78 is 0.